The maximum absolute atomic E-state index is 12.8. The minimum Gasteiger partial charge on any atom is -0.253 e. The van der Waals surface area contributed by atoms with Crippen molar-refractivity contribution in [1.82, 2.24) is 4.98 Å². The molecule has 0 atom stereocenters. The average Bonchev–Trinajstić information content (AvgIpc) is 3.09. The van der Waals surface area contributed by atoms with Gasteiger partial charge < -0.3 is 0 Å². The van der Waals surface area contributed by atoms with Crippen LogP contribution in [-0.2, 0) is 0 Å². The van der Waals surface area contributed by atoms with Gasteiger partial charge in [-0.3, -0.25) is 5.43 Å². The number of nitrogens with one attached hydrogen (secondary N) is 1. The number of hydrogen-bond donors (Lipinski definition) is 1. The SMILES string of the molecule is Fc1ccc(/C=N\Nc2nc(-c3ccc(Br)cc3)cs2)s1. The number of halogens is 2. The third-order valence-electron chi connectivity index (χ3n) is 2.59. The highest BCUT2D eigenvalue weighted by atomic mass is 79.9. The Balaban J connectivity index is 1.67. The zero-order valence-electron chi connectivity index (χ0n) is 10.6. The Kier molecular flexibility index (Phi) is 4.42. The molecule has 1 aromatic carbocycles. The molecule has 0 saturated heterocycles. The Hall–Kier alpha value is -1.57. The van der Waals surface area contributed by atoms with E-state index >= 15 is 0 Å². The van der Waals surface area contributed by atoms with Crippen molar-refractivity contribution in [3.63, 3.8) is 0 Å². The Morgan fingerprint density at radius 2 is 2.00 bits per heavy atom. The van der Waals surface area contributed by atoms with Gasteiger partial charge in [-0.25, -0.2) is 4.98 Å². The van der Waals surface area contributed by atoms with Crippen molar-refractivity contribution in [1.29, 1.82) is 0 Å². The predicted molar refractivity (Wildman–Crippen MR) is 90.7 cm³/mol. The molecule has 0 amide bonds. The quantitative estimate of drug-likeness (QED) is 0.496. The van der Waals surface area contributed by atoms with Crippen LogP contribution in [0.2, 0.25) is 0 Å². The number of anilines is 1. The highest BCUT2D eigenvalue weighted by Crippen LogP contribution is 2.26. The average molecular weight is 382 g/mol. The summed E-state index contributed by atoms with van der Waals surface area (Å²) >= 11 is 5.93. The number of benzene rings is 1. The monoisotopic (exact) mass is 381 g/mol. The van der Waals surface area contributed by atoms with Gasteiger partial charge in [-0.2, -0.15) is 9.49 Å². The zero-order valence-corrected chi connectivity index (χ0v) is 13.8. The van der Waals surface area contributed by atoms with Gasteiger partial charge in [-0.15, -0.1) is 22.7 Å². The molecule has 0 aliphatic rings. The van der Waals surface area contributed by atoms with E-state index in [1.54, 1.807) is 12.3 Å². The second-order valence-electron chi connectivity index (χ2n) is 4.06. The molecule has 106 valence electrons. The van der Waals surface area contributed by atoms with E-state index in [9.17, 15) is 4.39 Å². The molecule has 0 bridgehead atoms. The lowest BCUT2D eigenvalue weighted by atomic mass is 10.2. The van der Waals surface area contributed by atoms with Gasteiger partial charge in [0.2, 0.25) is 5.13 Å². The Labute approximate surface area is 137 Å². The van der Waals surface area contributed by atoms with Crippen LogP contribution >= 0.6 is 38.6 Å². The van der Waals surface area contributed by atoms with Gasteiger partial charge in [0.25, 0.3) is 0 Å². The van der Waals surface area contributed by atoms with E-state index in [2.05, 4.69) is 31.4 Å². The van der Waals surface area contributed by atoms with Gasteiger partial charge in [0, 0.05) is 15.4 Å². The number of rotatable bonds is 4. The van der Waals surface area contributed by atoms with Gasteiger partial charge in [0.15, 0.2) is 5.13 Å². The van der Waals surface area contributed by atoms with Crippen molar-refractivity contribution in [2.45, 2.75) is 0 Å². The maximum atomic E-state index is 12.8. The summed E-state index contributed by atoms with van der Waals surface area (Å²) in [7, 11) is 0. The van der Waals surface area contributed by atoms with Crippen LogP contribution in [0.1, 0.15) is 4.88 Å². The normalized spacial score (nSPS) is 11.1. The van der Waals surface area contributed by atoms with Gasteiger partial charge in [-0.1, -0.05) is 28.1 Å². The number of aromatic nitrogens is 1. The highest BCUT2D eigenvalue weighted by molar-refractivity contribution is 9.10. The first-order valence-corrected chi connectivity index (χ1v) is 8.45. The van der Waals surface area contributed by atoms with Crippen LogP contribution in [0.4, 0.5) is 9.52 Å². The molecule has 21 heavy (non-hydrogen) atoms. The third kappa shape index (κ3) is 3.75. The molecular formula is C14H9BrFN3S2. The summed E-state index contributed by atoms with van der Waals surface area (Å²) in [4.78, 5) is 5.21. The van der Waals surface area contributed by atoms with Gasteiger partial charge in [-0.05, 0) is 24.3 Å². The summed E-state index contributed by atoms with van der Waals surface area (Å²) in [5, 5.41) is 6.50. The topological polar surface area (TPSA) is 37.3 Å². The number of hydrogen-bond acceptors (Lipinski definition) is 5. The summed E-state index contributed by atoms with van der Waals surface area (Å²) in [6.07, 6.45) is 1.58. The molecule has 0 radical (unpaired) electrons. The molecule has 0 spiro atoms. The first-order valence-electron chi connectivity index (χ1n) is 5.96. The number of nitrogens with zero attached hydrogens (tertiary/aromatic N) is 2. The lowest BCUT2D eigenvalue weighted by molar-refractivity contribution is 0.657. The molecule has 0 fully saturated rings. The number of thiazole rings is 1. The number of thiophene rings is 1. The summed E-state index contributed by atoms with van der Waals surface area (Å²) in [6, 6.07) is 11.1. The van der Waals surface area contributed by atoms with Crippen LogP contribution in [0.15, 0.2) is 51.4 Å². The minimum absolute atomic E-state index is 0.219. The molecule has 0 unspecified atom stereocenters. The summed E-state index contributed by atoms with van der Waals surface area (Å²) in [5.41, 5.74) is 4.80. The molecule has 3 rings (SSSR count). The first kappa shape index (κ1) is 14.4. The second-order valence-corrected chi connectivity index (χ2v) is 6.90. The zero-order chi connectivity index (χ0) is 14.7. The fourth-order valence-electron chi connectivity index (χ4n) is 1.63. The summed E-state index contributed by atoms with van der Waals surface area (Å²) in [5.74, 6) is 0. The van der Waals surface area contributed by atoms with Crippen molar-refractivity contribution in [3.8, 4) is 11.3 Å². The highest BCUT2D eigenvalue weighted by Gasteiger charge is 2.03. The maximum Gasteiger partial charge on any atom is 0.203 e. The third-order valence-corrected chi connectivity index (χ3v) is 4.67. The van der Waals surface area contributed by atoms with E-state index in [1.165, 1.54) is 17.4 Å². The molecule has 3 aromatic rings. The van der Waals surface area contributed by atoms with Crippen LogP contribution in [0.25, 0.3) is 11.3 Å². The van der Waals surface area contributed by atoms with E-state index < -0.39 is 0 Å². The summed E-state index contributed by atoms with van der Waals surface area (Å²) in [6.45, 7) is 0. The minimum atomic E-state index is -0.219. The van der Waals surface area contributed by atoms with Crippen LogP contribution in [-0.4, -0.2) is 11.2 Å². The largest absolute Gasteiger partial charge is 0.253 e. The molecule has 3 nitrogen and oxygen atoms in total. The molecular weight excluding hydrogens is 373 g/mol. The standard InChI is InChI=1S/C14H9BrFN3S2/c15-10-3-1-9(2-4-10)12-8-20-14(18-12)19-17-7-11-5-6-13(16)21-11/h1-8H,(H,18,19)/b17-7-. The molecule has 0 saturated carbocycles. The summed E-state index contributed by atoms with van der Waals surface area (Å²) < 4.78 is 13.9. The predicted octanol–water partition coefficient (Wildman–Crippen LogP) is 5.22. The van der Waals surface area contributed by atoms with Crippen LogP contribution in [0.3, 0.4) is 0 Å². The molecule has 2 heterocycles. The molecule has 1 N–H and O–H groups in total. The van der Waals surface area contributed by atoms with Crippen molar-refractivity contribution in [3.05, 3.63) is 56.3 Å². The van der Waals surface area contributed by atoms with Crippen LogP contribution in [0, 0.1) is 5.13 Å². The Morgan fingerprint density at radius 1 is 1.19 bits per heavy atom. The smallest absolute Gasteiger partial charge is 0.203 e. The molecule has 0 aliphatic carbocycles. The second kappa shape index (κ2) is 6.46. The van der Waals surface area contributed by atoms with Crippen molar-refractivity contribution < 1.29 is 4.39 Å². The number of hydrazone groups is 1. The lowest BCUT2D eigenvalue weighted by Crippen LogP contribution is -1.88. The van der Waals surface area contributed by atoms with Crippen LogP contribution in [0.5, 0.6) is 0 Å². The Bertz CT molecular complexity index is 765. The van der Waals surface area contributed by atoms with Crippen molar-refractivity contribution >= 4 is 49.9 Å². The van der Waals surface area contributed by atoms with E-state index in [4.69, 9.17) is 0 Å². The molecule has 0 aliphatic heterocycles. The molecule has 7 heteroatoms. The van der Waals surface area contributed by atoms with E-state index in [0.717, 1.165) is 31.9 Å². The fourth-order valence-corrected chi connectivity index (χ4v) is 3.16. The van der Waals surface area contributed by atoms with Crippen molar-refractivity contribution in [2.75, 3.05) is 5.43 Å². The first-order chi connectivity index (χ1) is 10.2. The fraction of sp³-hybridized carbons (Fsp3) is 0. The van der Waals surface area contributed by atoms with E-state index in [1.807, 2.05) is 29.6 Å². The van der Waals surface area contributed by atoms with Gasteiger partial charge in [0.1, 0.15) is 0 Å². The van der Waals surface area contributed by atoms with Crippen molar-refractivity contribution in [2.24, 2.45) is 5.10 Å². The molecule has 2 aromatic heterocycles. The van der Waals surface area contributed by atoms with Gasteiger partial charge in [0.05, 0.1) is 16.8 Å². The van der Waals surface area contributed by atoms with E-state index in [-0.39, 0.29) is 5.13 Å². The van der Waals surface area contributed by atoms with Crippen LogP contribution < -0.4 is 5.43 Å². The van der Waals surface area contributed by atoms with E-state index in [0.29, 0.717) is 5.13 Å². The lowest BCUT2D eigenvalue weighted by Gasteiger charge is -1.96. The van der Waals surface area contributed by atoms with Gasteiger partial charge >= 0.3 is 0 Å². The Morgan fingerprint density at radius 3 is 2.71 bits per heavy atom.